The van der Waals surface area contributed by atoms with Crippen LogP contribution >= 0.6 is 0 Å². The van der Waals surface area contributed by atoms with Crippen LogP contribution in [0.2, 0.25) is 0 Å². The average molecular weight is 523 g/mol. The highest BCUT2D eigenvalue weighted by Crippen LogP contribution is 2.38. The summed E-state index contributed by atoms with van der Waals surface area (Å²) in [5, 5.41) is 0. The molecule has 192 valence electrons. The van der Waals surface area contributed by atoms with Crippen LogP contribution in [0.5, 0.6) is 5.75 Å². The van der Waals surface area contributed by atoms with Gasteiger partial charge in [0.05, 0.1) is 5.69 Å². The second-order valence-electron chi connectivity index (χ2n) is 8.10. The van der Waals surface area contributed by atoms with Crippen LogP contribution in [0.1, 0.15) is 24.5 Å². The van der Waals surface area contributed by atoms with Gasteiger partial charge < -0.3 is 4.74 Å². The van der Waals surface area contributed by atoms with Crippen molar-refractivity contribution in [3.63, 3.8) is 0 Å². The molecule has 3 aromatic carbocycles. The summed E-state index contributed by atoms with van der Waals surface area (Å²) in [5.41, 5.74) is -0.866. The number of aryl methyl sites for hydroxylation is 1. The van der Waals surface area contributed by atoms with Crippen LogP contribution in [0.4, 0.5) is 35.1 Å². The Morgan fingerprint density at radius 1 is 0.730 bits per heavy atom. The fourth-order valence-electron chi connectivity index (χ4n) is 3.70. The van der Waals surface area contributed by atoms with Crippen molar-refractivity contribution in [1.82, 2.24) is 4.98 Å². The second kappa shape index (κ2) is 10.2. The number of alkyl halides is 2. The zero-order valence-corrected chi connectivity index (χ0v) is 19.1. The summed E-state index contributed by atoms with van der Waals surface area (Å²) in [6.07, 6.45) is -1.22. The van der Waals surface area contributed by atoms with Crippen LogP contribution in [0, 0.1) is 34.9 Å². The SMILES string of the molecule is CCCc1ccc(-c2ccc(-c3ccc(C(F)(F)Oc4cc(F)c(F)c(F)c4)c(F)c3F)c(F)c2)nc1. The maximum absolute atomic E-state index is 14.9. The van der Waals surface area contributed by atoms with Crippen molar-refractivity contribution >= 4 is 0 Å². The Kier molecular flexibility index (Phi) is 7.20. The molecule has 0 atom stereocenters. The minimum atomic E-state index is -4.61. The van der Waals surface area contributed by atoms with E-state index in [0.29, 0.717) is 23.4 Å². The van der Waals surface area contributed by atoms with Gasteiger partial charge >= 0.3 is 6.11 Å². The van der Waals surface area contributed by atoms with Gasteiger partial charge in [-0.15, -0.1) is 0 Å². The number of hydrogen-bond donors (Lipinski definition) is 0. The standard InChI is InChI=1S/C27H17F8NO/c1-2-3-14-4-9-23(36-13-14)15-5-6-17(20(28)10-15)18-7-8-19(25(32)24(18)31)27(34,35)37-16-11-21(29)26(33)22(30)12-16/h4-13H,2-3H2,1H3. The molecule has 0 saturated carbocycles. The van der Waals surface area contributed by atoms with Crippen molar-refractivity contribution < 1.29 is 39.9 Å². The van der Waals surface area contributed by atoms with Gasteiger partial charge in [0.15, 0.2) is 29.1 Å². The Morgan fingerprint density at radius 3 is 2.00 bits per heavy atom. The third-order valence-corrected chi connectivity index (χ3v) is 5.52. The molecule has 0 aliphatic carbocycles. The zero-order valence-electron chi connectivity index (χ0n) is 19.1. The van der Waals surface area contributed by atoms with Crippen LogP contribution in [0.15, 0.2) is 60.8 Å². The Balaban J connectivity index is 1.64. The van der Waals surface area contributed by atoms with Gasteiger partial charge in [-0.2, -0.15) is 8.78 Å². The molecule has 0 amide bonds. The minimum Gasteiger partial charge on any atom is -0.429 e. The molecule has 0 N–H and O–H groups in total. The highest BCUT2D eigenvalue weighted by atomic mass is 19.3. The Hall–Kier alpha value is -3.95. The lowest BCUT2D eigenvalue weighted by molar-refractivity contribution is -0.187. The summed E-state index contributed by atoms with van der Waals surface area (Å²) in [5.74, 6) is -11.5. The number of nitrogens with zero attached hydrogens (tertiary/aromatic N) is 1. The van der Waals surface area contributed by atoms with Crippen molar-refractivity contribution in [2.45, 2.75) is 25.9 Å². The highest BCUT2D eigenvalue weighted by Gasteiger charge is 2.40. The van der Waals surface area contributed by atoms with Gasteiger partial charge in [-0.25, -0.2) is 26.3 Å². The van der Waals surface area contributed by atoms with Gasteiger partial charge in [-0.1, -0.05) is 37.6 Å². The molecule has 0 spiro atoms. The van der Waals surface area contributed by atoms with Gasteiger partial charge in [-0.05, 0) is 30.2 Å². The molecule has 2 nitrogen and oxygen atoms in total. The molecule has 4 rings (SSSR count). The Bertz CT molecular complexity index is 1430. The van der Waals surface area contributed by atoms with Crippen LogP contribution in [0.25, 0.3) is 22.4 Å². The molecule has 37 heavy (non-hydrogen) atoms. The van der Waals surface area contributed by atoms with Crippen molar-refractivity contribution in [2.24, 2.45) is 0 Å². The number of rotatable bonds is 7. The normalized spacial score (nSPS) is 11.6. The predicted molar refractivity (Wildman–Crippen MR) is 120 cm³/mol. The smallest absolute Gasteiger partial charge is 0.429 e. The predicted octanol–water partition coefficient (Wildman–Crippen LogP) is 8.33. The first-order chi connectivity index (χ1) is 17.5. The molecule has 0 unspecified atom stereocenters. The summed E-state index contributed by atoms with van der Waals surface area (Å²) < 4.78 is 117. The number of hydrogen-bond acceptors (Lipinski definition) is 2. The number of benzene rings is 3. The van der Waals surface area contributed by atoms with Crippen molar-refractivity contribution in [3.05, 3.63) is 107 Å². The summed E-state index contributed by atoms with van der Waals surface area (Å²) in [6, 6.07) is 8.56. The summed E-state index contributed by atoms with van der Waals surface area (Å²) in [6.45, 7) is 2.01. The van der Waals surface area contributed by atoms with E-state index in [1.165, 1.54) is 6.07 Å². The molecule has 0 bridgehead atoms. The quantitative estimate of drug-likeness (QED) is 0.180. The molecular weight excluding hydrogens is 506 g/mol. The van der Waals surface area contributed by atoms with E-state index in [2.05, 4.69) is 9.72 Å². The first kappa shape index (κ1) is 26.1. The van der Waals surface area contributed by atoms with E-state index in [1.807, 2.05) is 13.0 Å². The molecule has 0 aliphatic heterocycles. The van der Waals surface area contributed by atoms with Crippen LogP contribution in [-0.4, -0.2) is 4.98 Å². The largest absolute Gasteiger partial charge is 0.429 e. The van der Waals surface area contributed by atoms with E-state index < -0.39 is 63.5 Å². The van der Waals surface area contributed by atoms with Gasteiger partial charge in [0.25, 0.3) is 0 Å². The molecule has 1 aromatic heterocycles. The third-order valence-electron chi connectivity index (χ3n) is 5.52. The molecule has 0 aliphatic rings. The number of pyridine rings is 1. The molecule has 10 heteroatoms. The van der Waals surface area contributed by atoms with Crippen LogP contribution in [0.3, 0.4) is 0 Å². The van der Waals surface area contributed by atoms with E-state index in [9.17, 15) is 35.1 Å². The molecular formula is C27H17F8NO. The highest BCUT2D eigenvalue weighted by molar-refractivity contribution is 5.70. The first-order valence-corrected chi connectivity index (χ1v) is 11.0. The van der Waals surface area contributed by atoms with Gasteiger partial charge in [0.2, 0.25) is 0 Å². The Labute approximate surface area is 206 Å². The Morgan fingerprint density at radius 2 is 1.41 bits per heavy atom. The molecule has 0 radical (unpaired) electrons. The second-order valence-corrected chi connectivity index (χ2v) is 8.10. The van der Waals surface area contributed by atoms with Crippen molar-refractivity contribution in [2.75, 3.05) is 0 Å². The summed E-state index contributed by atoms with van der Waals surface area (Å²) in [7, 11) is 0. The average Bonchev–Trinajstić information content (AvgIpc) is 2.84. The van der Waals surface area contributed by atoms with Gasteiger partial charge in [0.1, 0.15) is 17.1 Å². The van der Waals surface area contributed by atoms with Gasteiger partial charge in [-0.3, -0.25) is 4.98 Å². The lowest BCUT2D eigenvalue weighted by Crippen LogP contribution is -2.24. The number of aromatic nitrogens is 1. The first-order valence-electron chi connectivity index (χ1n) is 11.0. The van der Waals surface area contributed by atoms with E-state index in [1.54, 1.807) is 12.3 Å². The molecule has 0 saturated heterocycles. The minimum absolute atomic E-state index is 0.123. The maximum Gasteiger partial charge on any atom is 0.429 e. The topological polar surface area (TPSA) is 22.1 Å². The van der Waals surface area contributed by atoms with Crippen molar-refractivity contribution in [3.8, 4) is 28.1 Å². The maximum atomic E-state index is 14.9. The zero-order chi connectivity index (χ0) is 26.9. The fourth-order valence-corrected chi connectivity index (χ4v) is 3.70. The number of halogens is 8. The van der Waals surface area contributed by atoms with E-state index in [0.717, 1.165) is 30.5 Å². The van der Waals surface area contributed by atoms with Crippen molar-refractivity contribution in [1.29, 1.82) is 0 Å². The fraction of sp³-hybridized carbons (Fsp3) is 0.148. The third kappa shape index (κ3) is 5.28. The lowest BCUT2D eigenvalue weighted by Gasteiger charge is -2.20. The van der Waals surface area contributed by atoms with Gasteiger partial charge in [0, 0.05) is 35.0 Å². The summed E-state index contributed by atoms with van der Waals surface area (Å²) in [4.78, 5) is 4.27. The lowest BCUT2D eigenvalue weighted by atomic mass is 9.99. The monoisotopic (exact) mass is 523 g/mol. The summed E-state index contributed by atoms with van der Waals surface area (Å²) >= 11 is 0. The number of ether oxygens (including phenoxy) is 1. The molecule has 0 fully saturated rings. The van der Waals surface area contributed by atoms with Crippen LogP contribution < -0.4 is 4.74 Å². The molecule has 1 heterocycles. The molecule has 4 aromatic rings. The van der Waals surface area contributed by atoms with E-state index >= 15 is 0 Å². The van der Waals surface area contributed by atoms with E-state index in [-0.39, 0.29) is 12.1 Å². The van der Waals surface area contributed by atoms with E-state index in [4.69, 9.17) is 0 Å². The van der Waals surface area contributed by atoms with Crippen LogP contribution in [-0.2, 0) is 12.5 Å².